The van der Waals surface area contributed by atoms with Gasteiger partial charge in [0, 0.05) is 6.20 Å². The van der Waals surface area contributed by atoms with Crippen molar-refractivity contribution >= 4 is 11.9 Å². The van der Waals surface area contributed by atoms with E-state index in [4.69, 9.17) is 14.6 Å². The standard InChI is InChI=1S/C13H17NO5/c1-3-9(2)13(17)19-8-7-18-11-10(12(15)16)5-4-6-14-11/h4-6,9H,3,7-8H2,1-2H3,(H,15,16). The van der Waals surface area contributed by atoms with Crippen LogP contribution in [-0.4, -0.2) is 35.2 Å². The number of hydrogen-bond donors (Lipinski definition) is 1. The van der Waals surface area contributed by atoms with Gasteiger partial charge in [0.15, 0.2) is 0 Å². The van der Waals surface area contributed by atoms with Crippen molar-refractivity contribution in [3.63, 3.8) is 0 Å². The summed E-state index contributed by atoms with van der Waals surface area (Å²) < 4.78 is 10.2. The molecule has 0 radical (unpaired) electrons. The van der Waals surface area contributed by atoms with Crippen LogP contribution in [0.3, 0.4) is 0 Å². The number of carbonyl (C=O) groups is 2. The second kappa shape index (κ2) is 7.35. The fraction of sp³-hybridized carbons (Fsp3) is 0.462. The van der Waals surface area contributed by atoms with Crippen molar-refractivity contribution in [2.75, 3.05) is 13.2 Å². The molecule has 19 heavy (non-hydrogen) atoms. The molecule has 0 amide bonds. The number of pyridine rings is 1. The minimum absolute atomic E-state index is 0.0178. The van der Waals surface area contributed by atoms with E-state index >= 15 is 0 Å². The first-order valence-corrected chi connectivity index (χ1v) is 6.04. The highest BCUT2D eigenvalue weighted by molar-refractivity contribution is 5.90. The Bertz CT molecular complexity index is 446. The SMILES string of the molecule is CCC(C)C(=O)OCCOc1ncccc1C(=O)O. The molecule has 0 saturated carbocycles. The number of aromatic carboxylic acids is 1. The molecular formula is C13H17NO5. The lowest BCUT2D eigenvalue weighted by Crippen LogP contribution is -2.18. The van der Waals surface area contributed by atoms with Gasteiger partial charge in [-0.25, -0.2) is 9.78 Å². The van der Waals surface area contributed by atoms with E-state index in [9.17, 15) is 9.59 Å². The zero-order chi connectivity index (χ0) is 14.3. The molecule has 1 N–H and O–H groups in total. The fourth-order valence-electron chi connectivity index (χ4n) is 1.26. The van der Waals surface area contributed by atoms with Crippen LogP contribution in [0, 0.1) is 5.92 Å². The summed E-state index contributed by atoms with van der Waals surface area (Å²) in [7, 11) is 0. The van der Waals surface area contributed by atoms with E-state index in [0.29, 0.717) is 6.42 Å². The van der Waals surface area contributed by atoms with Crippen LogP contribution in [0.4, 0.5) is 0 Å². The Hall–Kier alpha value is -2.11. The maximum Gasteiger partial charge on any atom is 0.341 e. The zero-order valence-corrected chi connectivity index (χ0v) is 11.0. The molecule has 0 spiro atoms. The molecule has 1 heterocycles. The van der Waals surface area contributed by atoms with Gasteiger partial charge in [-0.3, -0.25) is 4.79 Å². The fourth-order valence-corrected chi connectivity index (χ4v) is 1.26. The Kier molecular flexibility index (Phi) is 5.78. The van der Waals surface area contributed by atoms with E-state index in [1.54, 1.807) is 6.92 Å². The number of rotatable bonds is 7. The molecule has 0 saturated heterocycles. The second-order valence-electron chi connectivity index (χ2n) is 3.99. The van der Waals surface area contributed by atoms with Gasteiger partial charge in [0.25, 0.3) is 0 Å². The Labute approximate surface area is 111 Å². The average Bonchev–Trinajstić information content (AvgIpc) is 2.42. The number of hydrogen-bond acceptors (Lipinski definition) is 5. The first-order valence-electron chi connectivity index (χ1n) is 6.04. The molecule has 0 aliphatic carbocycles. The maximum absolute atomic E-state index is 11.4. The summed E-state index contributed by atoms with van der Waals surface area (Å²) in [6, 6.07) is 2.91. The van der Waals surface area contributed by atoms with E-state index in [0.717, 1.165) is 0 Å². The molecule has 0 aliphatic heterocycles. The summed E-state index contributed by atoms with van der Waals surface area (Å²) in [4.78, 5) is 26.1. The van der Waals surface area contributed by atoms with Crippen molar-refractivity contribution in [2.45, 2.75) is 20.3 Å². The zero-order valence-electron chi connectivity index (χ0n) is 11.0. The Morgan fingerprint density at radius 3 is 2.79 bits per heavy atom. The molecule has 1 aromatic heterocycles. The smallest absolute Gasteiger partial charge is 0.341 e. The third-order valence-corrected chi connectivity index (χ3v) is 2.58. The number of esters is 1. The summed E-state index contributed by atoms with van der Waals surface area (Å²) in [6.07, 6.45) is 2.15. The Morgan fingerprint density at radius 2 is 2.16 bits per heavy atom. The number of nitrogens with zero attached hydrogens (tertiary/aromatic N) is 1. The van der Waals surface area contributed by atoms with E-state index in [2.05, 4.69) is 4.98 Å². The van der Waals surface area contributed by atoms with Crippen LogP contribution in [0.15, 0.2) is 18.3 Å². The number of aromatic nitrogens is 1. The lowest BCUT2D eigenvalue weighted by Gasteiger charge is -2.10. The van der Waals surface area contributed by atoms with Crippen LogP contribution in [-0.2, 0) is 9.53 Å². The van der Waals surface area contributed by atoms with Crippen LogP contribution in [0.25, 0.3) is 0 Å². The van der Waals surface area contributed by atoms with Crippen LogP contribution in [0.5, 0.6) is 5.88 Å². The van der Waals surface area contributed by atoms with Gasteiger partial charge in [0.2, 0.25) is 5.88 Å². The van der Waals surface area contributed by atoms with Crippen LogP contribution in [0.1, 0.15) is 30.6 Å². The Morgan fingerprint density at radius 1 is 1.42 bits per heavy atom. The van der Waals surface area contributed by atoms with Crippen molar-refractivity contribution < 1.29 is 24.2 Å². The van der Waals surface area contributed by atoms with Gasteiger partial charge in [0.05, 0.1) is 5.92 Å². The van der Waals surface area contributed by atoms with Crippen molar-refractivity contribution in [1.82, 2.24) is 4.98 Å². The molecule has 1 unspecified atom stereocenters. The molecule has 0 aromatic carbocycles. The van der Waals surface area contributed by atoms with Crippen molar-refractivity contribution in [2.24, 2.45) is 5.92 Å². The Balaban J connectivity index is 2.42. The van der Waals surface area contributed by atoms with Gasteiger partial charge < -0.3 is 14.6 Å². The van der Waals surface area contributed by atoms with Crippen LogP contribution >= 0.6 is 0 Å². The average molecular weight is 267 g/mol. The molecule has 6 nitrogen and oxygen atoms in total. The minimum Gasteiger partial charge on any atom is -0.477 e. The number of carboxylic acid groups (broad SMARTS) is 1. The topological polar surface area (TPSA) is 85.7 Å². The quantitative estimate of drug-likeness (QED) is 0.598. The van der Waals surface area contributed by atoms with E-state index < -0.39 is 5.97 Å². The molecule has 0 aliphatic rings. The molecule has 1 rings (SSSR count). The molecule has 0 bridgehead atoms. The third-order valence-electron chi connectivity index (χ3n) is 2.58. The van der Waals surface area contributed by atoms with Crippen LogP contribution < -0.4 is 4.74 Å². The van der Waals surface area contributed by atoms with Crippen LogP contribution in [0.2, 0.25) is 0 Å². The summed E-state index contributed by atoms with van der Waals surface area (Å²) in [5, 5.41) is 8.91. The second-order valence-corrected chi connectivity index (χ2v) is 3.99. The lowest BCUT2D eigenvalue weighted by molar-refractivity contribution is -0.148. The normalized spacial score (nSPS) is 11.7. The first kappa shape index (κ1) is 14.9. The lowest BCUT2D eigenvalue weighted by atomic mass is 10.1. The molecular weight excluding hydrogens is 250 g/mol. The molecule has 1 atom stereocenters. The van der Waals surface area contributed by atoms with Gasteiger partial charge in [-0.05, 0) is 18.6 Å². The highest BCUT2D eigenvalue weighted by Crippen LogP contribution is 2.13. The third kappa shape index (κ3) is 4.57. The predicted molar refractivity (Wildman–Crippen MR) is 67.1 cm³/mol. The monoisotopic (exact) mass is 267 g/mol. The number of carboxylic acids is 1. The predicted octanol–water partition coefficient (Wildman–Crippen LogP) is 1.75. The van der Waals surface area contributed by atoms with Gasteiger partial charge in [-0.15, -0.1) is 0 Å². The molecule has 0 fully saturated rings. The van der Waals surface area contributed by atoms with Gasteiger partial charge in [-0.2, -0.15) is 0 Å². The maximum atomic E-state index is 11.4. The number of carbonyl (C=O) groups excluding carboxylic acids is 1. The highest BCUT2D eigenvalue weighted by Gasteiger charge is 2.13. The molecule has 104 valence electrons. The summed E-state index contributed by atoms with van der Waals surface area (Å²) in [5.74, 6) is -1.52. The van der Waals surface area contributed by atoms with E-state index in [1.165, 1.54) is 18.3 Å². The van der Waals surface area contributed by atoms with Gasteiger partial charge >= 0.3 is 11.9 Å². The summed E-state index contributed by atoms with van der Waals surface area (Å²) in [6.45, 7) is 3.82. The van der Waals surface area contributed by atoms with Gasteiger partial charge in [-0.1, -0.05) is 13.8 Å². The first-order chi connectivity index (χ1) is 9.06. The van der Waals surface area contributed by atoms with Crippen molar-refractivity contribution in [3.05, 3.63) is 23.9 Å². The summed E-state index contributed by atoms with van der Waals surface area (Å²) in [5.41, 5.74) is -0.0178. The largest absolute Gasteiger partial charge is 0.477 e. The number of ether oxygens (including phenoxy) is 2. The highest BCUT2D eigenvalue weighted by atomic mass is 16.6. The molecule has 1 aromatic rings. The molecule has 6 heteroatoms. The van der Waals surface area contributed by atoms with Gasteiger partial charge in [0.1, 0.15) is 18.8 Å². The van der Waals surface area contributed by atoms with Crippen molar-refractivity contribution in [3.8, 4) is 5.88 Å². The minimum atomic E-state index is -1.11. The van der Waals surface area contributed by atoms with E-state index in [1.807, 2.05) is 6.92 Å². The summed E-state index contributed by atoms with van der Waals surface area (Å²) >= 11 is 0. The van der Waals surface area contributed by atoms with E-state index in [-0.39, 0.29) is 36.5 Å². The van der Waals surface area contributed by atoms with Crippen molar-refractivity contribution in [1.29, 1.82) is 0 Å².